The number of hydrogen-bond acceptors (Lipinski definition) is 5. The van der Waals surface area contributed by atoms with E-state index in [1.807, 2.05) is 0 Å². The SMILES string of the molecule is COC(=O)[C@H]1C[C@@H](O)[C@H](O)C(=O)C12CCCC2. The topological polar surface area (TPSA) is 83.8 Å². The molecular weight excluding hydrogens is 224 g/mol. The van der Waals surface area contributed by atoms with Crippen LogP contribution in [-0.2, 0) is 14.3 Å². The molecule has 0 aromatic rings. The first-order chi connectivity index (χ1) is 8.03. The molecule has 17 heavy (non-hydrogen) atoms. The number of ketones is 1. The molecule has 0 unspecified atom stereocenters. The average Bonchev–Trinajstić information content (AvgIpc) is 2.81. The van der Waals surface area contributed by atoms with Gasteiger partial charge < -0.3 is 14.9 Å². The summed E-state index contributed by atoms with van der Waals surface area (Å²) in [5.74, 6) is -1.45. The zero-order valence-electron chi connectivity index (χ0n) is 9.89. The van der Waals surface area contributed by atoms with Gasteiger partial charge in [-0.2, -0.15) is 0 Å². The molecule has 2 fully saturated rings. The predicted octanol–water partition coefficient (Wildman–Crippen LogP) is 0.0306. The normalized spacial score (nSPS) is 36.2. The first-order valence-electron chi connectivity index (χ1n) is 6.01. The standard InChI is InChI=1S/C12H18O5/c1-17-11(16)7-6-8(13)9(14)10(15)12(7)4-2-3-5-12/h7-9,13-14H,2-6H2,1H3/t7-,8-,9+/m1/s1. The van der Waals surface area contributed by atoms with Crippen molar-refractivity contribution in [1.29, 1.82) is 0 Å². The van der Waals surface area contributed by atoms with E-state index < -0.39 is 29.5 Å². The molecule has 0 amide bonds. The first kappa shape index (κ1) is 12.5. The van der Waals surface area contributed by atoms with Crippen LogP contribution in [0.2, 0.25) is 0 Å². The number of hydrogen-bond donors (Lipinski definition) is 2. The minimum absolute atomic E-state index is 0.111. The van der Waals surface area contributed by atoms with Gasteiger partial charge in [-0.1, -0.05) is 12.8 Å². The molecular formula is C12H18O5. The fraction of sp³-hybridized carbons (Fsp3) is 0.833. The third-order valence-electron chi connectivity index (χ3n) is 4.25. The molecule has 0 saturated heterocycles. The third-order valence-corrected chi connectivity index (χ3v) is 4.25. The molecule has 3 atom stereocenters. The number of methoxy groups -OCH3 is 1. The number of Topliss-reactive ketones (excluding diaryl/α,β-unsaturated/α-hetero) is 1. The van der Waals surface area contributed by atoms with E-state index in [1.165, 1.54) is 7.11 Å². The highest BCUT2D eigenvalue weighted by Crippen LogP contribution is 2.50. The van der Waals surface area contributed by atoms with Crippen LogP contribution in [0.1, 0.15) is 32.1 Å². The highest BCUT2D eigenvalue weighted by atomic mass is 16.5. The molecule has 2 saturated carbocycles. The molecule has 0 heterocycles. The second-order valence-electron chi connectivity index (χ2n) is 5.05. The molecule has 96 valence electrons. The minimum Gasteiger partial charge on any atom is -0.469 e. The Labute approximate surface area is 99.8 Å². The summed E-state index contributed by atoms with van der Waals surface area (Å²) in [7, 11) is 1.28. The Morgan fingerprint density at radius 1 is 1.35 bits per heavy atom. The van der Waals surface area contributed by atoms with Gasteiger partial charge in [0.25, 0.3) is 0 Å². The number of ether oxygens (including phenoxy) is 1. The van der Waals surface area contributed by atoms with Crippen molar-refractivity contribution in [2.24, 2.45) is 11.3 Å². The average molecular weight is 242 g/mol. The lowest BCUT2D eigenvalue weighted by atomic mass is 9.62. The fourth-order valence-electron chi connectivity index (χ4n) is 3.30. The first-order valence-corrected chi connectivity index (χ1v) is 6.01. The van der Waals surface area contributed by atoms with E-state index in [-0.39, 0.29) is 12.2 Å². The summed E-state index contributed by atoms with van der Waals surface area (Å²) in [5, 5.41) is 19.3. The molecule has 0 bridgehead atoms. The van der Waals surface area contributed by atoms with E-state index in [9.17, 15) is 19.8 Å². The summed E-state index contributed by atoms with van der Waals surface area (Å²) < 4.78 is 4.72. The quantitative estimate of drug-likeness (QED) is 0.634. The van der Waals surface area contributed by atoms with Gasteiger partial charge in [0.05, 0.1) is 19.1 Å². The maximum absolute atomic E-state index is 12.2. The zero-order chi connectivity index (χ0) is 12.6. The maximum atomic E-state index is 12.2. The van der Waals surface area contributed by atoms with Gasteiger partial charge in [0, 0.05) is 5.41 Å². The number of carbonyl (C=O) groups excluding carboxylic acids is 2. The minimum atomic E-state index is -1.35. The largest absolute Gasteiger partial charge is 0.469 e. The maximum Gasteiger partial charge on any atom is 0.309 e. The van der Waals surface area contributed by atoms with Crippen molar-refractivity contribution in [3.63, 3.8) is 0 Å². The lowest BCUT2D eigenvalue weighted by Crippen LogP contribution is -2.55. The molecule has 0 aromatic heterocycles. The van der Waals surface area contributed by atoms with Crippen LogP contribution in [0.25, 0.3) is 0 Å². The van der Waals surface area contributed by atoms with Crippen LogP contribution in [0.3, 0.4) is 0 Å². The zero-order valence-corrected chi connectivity index (χ0v) is 9.89. The van der Waals surface area contributed by atoms with E-state index in [0.29, 0.717) is 12.8 Å². The fourth-order valence-corrected chi connectivity index (χ4v) is 3.30. The van der Waals surface area contributed by atoms with Gasteiger partial charge in [-0.15, -0.1) is 0 Å². The summed E-state index contributed by atoms with van der Waals surface area (Å²) >= 11 is 0. The number of aliphatic hydroxyl groups is 2. The summed E-state index contributed by atoms with van der Waals surface area (Å²) in [5.41, 5.74) is -0.800. The molecule has 2 rings (SSSR count). The van der Waals surface area contributed by atoms with Crippen molar-refractivity contribution in [3.8, 4) is 0 Å². The Kier molecular flexibility index (Phi) is 3.23. The summed E-state index contributed by atoms with van der Waals surface area (Å²) in [6, 6.07) is 0. The highest BCUT2D eigenvalue weighted by Gasteiger charge is 2.57. The van der Waals surface area contributed by atoms with Gasteiger partial charge in [-0.25, -0.2) is 0 Å². The molecule has 5 nitrogen and oxygen atoms in total. The van der Waals surface area contributed by atoms with Gasteiger partial charge in [0.1, 0.15) is 6.10 Å². The Hall–Kier alpha value is -0.940. The molecule has 0 radical (unpaired) electrons. The second kappa shape index (κ2) is 4.38. The molecule has 1 spiro atoms. The van der Waals surface area contributed by atoms with Crippen molar-refractivity contribution in [2.75, 3.05) is 7.11 Å². The Morgan fingerprint density at radius 3 is 2.47 bits per heavy atom. The molecule has 5 heteroatoms. The number of esters is 1. The van der Waals surface area contributed by atoms with Gasteiger partial charge >= 0.3 is 5.97 Å². The van der Waals surface area contributed by atoms with E-state index >= 15 is 0 Å². The van der Waals surface area contributed by atoms with Crippen molar-refractivity contribution < 1.29 is 24.5 Å². The van der Waals surface area contributed by atoms with E-state index in [2.05, 4.69) is 0 Å². The van der Waals surface area contributed by atoms with Crippen LogP contribution in [0, 0.1) is 11.3 Å². The molecule has 2 aliphatic carbocycles. The summed E-state index contributed by atoms with van der Waals surface area (Å²) in [4.78, 5) is 23.9. The van der Waals surface area contributed by atoms with E-state index in [1.54, 1.807) is 0 Å². The van der Waals surface area contributed by atoms with Crippen LogP contribution in [-0.4, -0.2) is 41.3 Å². The molecule has 2 aliphatic rings. The van der Waals surface area contributed by atoms with Crippen LogP contribution in [0.5, 0.6) is 0 Å². The highest BCUT2D eigenvalue weighted by molar-refractivity contribution is 5.95. The van der Waals surface area contributed by atoms with Crippen molar-refractivity contribution in [1.82, 2.24) is 0 Å². The van der Waals surface area contributed by atoms with Crippen molar-refractivity contribution >= 4 is 11.8 Å². The van der Waals surface area contributed by atoms with Crippen LogP contribution in [0.4, 0.5) is 0 Å². The lowest BCUT2D eigenvalue weighted by Gasteiger charge is -2.42. The molecule has 0 aromatic carbocycles. The van der Waals surface area contributed by atoms with E-state index in [0.717, 1.165) is 12.8 Å². The summed E-state index contributed by atoms with van der Waals surface area (Å²) in [6.07, 6.45) is 0.570. The van der Waals surface area contributed by atoms with Gasteiger partial charge in [-0.05, 0) is 19.3 Å². The summed E-state index contributed by atoms with van der Waals surface area (Å²) in [6.45, 7) is 0. The van der Waals surface area contributed by atoms with Crippen LogP contribution in [0.15, 0.2) is 0 Å². The van der Waals surface area contributed by atoms with Crippen LogP contribution >= 0.6 is 0 Å². The van der Waals surface area contributed by atoms with E-state index in [4.69, 9.17) is 4.74 Å². The Balaban J connectivity index is 2.34. The number of carbonyl (C=O) groups is 2. The molecule has 2 N–H and O–H groups in total. The Bertz CT molecular complexity index is 332. The van der Waals surface area contributed by atoms with Crippen molar-refractivity contribution in [2.45, 2.75) is 44.3 Å². The number of rotatable bonds is 1. The van der Waals surface area contributed by atoms with Gasteiger partial charge in [-0.3, -0.25) is 9.59 Å². The predicted molar refractivity (Wildman–Crippen MR) is 58.0 cm³/mol. The van der Waals surface area contributed by atoms with Crippen molar-refractivity contribution in [3.05, 3.63) is 0 Å². The smallest absolute Gasteiger partial charge is 0.309 e. The third kappa shape index (κ3) is 1.77. The molecule has 0 aliphatic heterocycles. The van der Waals surface area contributed by atoms with Gasteiger partial charge in [0.15, 0.2) is 5.78 Å². The second-order valence-corrected chi connectivity index (χ2v) is 5.05. The monoisotopic (exact) mass is 242 g/mol. The van der Waals surface area contributed by atoms with Gasteiger partial charge in [0.2, 0.25) is 0 Å². The number of aliphatic hydroxyl groups excluding tert-OH is 2. The van der Waals surface area contributed by atoms with Crippen LogP contribution < -0.4 is 0 Å². The Morgan fingerprint density at radius 2 is 1.94 bits per heavy atom. The lowest BCUT2D eigenvalue weighted by molar-refractivity contribution is -0.171.